The van der Waals surface area contributed by atoms with Crippen molar-refractivity contribution in [2.45, 2.75) is 164 Å². The minimum absolute atomic E-state index is 0.654. The topological polar surface area (TPSA) is 0 Å². The summed E-state index contributed by atoms with van der Waals surface area (Å²) in [5.74, 6) is 0. The van der Waals surface area contributed by atoms with E-state index in [0.717, 1.165) is 0 Å². The Hall–Kier alpha value is -1.91. The zero-order valence-electron chi connectivity index (χ0n) is 29.8. The molecule has 0 fully saturated rings. The first kappa shape index (κ1) is 36.6. The fourth-order valence-corrected chi connectivity index (χ4v) is 9.80. The number of hydrogen-bond acceptors (Lipinski definition) is 0. The number of aryl methyl sites for hydroxylation is 3. The molecule has 0 bridgehead atoms. The Morgan fingerprint density at radius 1 is 0.386 bits per heavy atom. The molecule has 0 amide bonds. The third-order valence-corrected chi connectivity index (χ3v) is 12.4. The van der Waals surface area contributed by atoms with Crippen LogP contribution in [-0.4, -0.2) is 0 Å². The lowest BCUT2D eigenvalue weighted by Crippen LogP contribution is -2.29. The van der Waals surface area contributed by atoms with Gasteiger partial charge in [0.15, 0.2) is 0 Å². The molecular weight excluding hydrogens is 547 g/mol. The van der Waals surface area contributed by atoms with Crippen LogP contribution >= 0.6 is 7.92 Å². The van der Waals surface area contributed by atoms with Crippen molar-refractivity contribution in [1.29, 1.82) is 0 Å². The van der Waals surface area contributed by atoms with Gasteiger partial charge >= 0.3 is 0 Å². The second kappa shape index (κ2) is 20.3. The molecule has 0 saturated carbocycles. The molecule has 0 aromatic heterocycles. The van der Waals surface area contributed by atoms with Gasteiger partial charge in [0.05, 0.1) is 0 Å². The highest BCUT2D eigenvalue weighted by molar-refractivity contribution is 7.80. The second-order valence-corrected chi connectivity index (χ2v) is 15.3. The Balaban J connectivity index is 2.41. The highest BCUT2D eigenvalue weighted by Gasteiger charge is 2.27. The summed E-state index contributed by atoms with van der Waals surface area (Å²) in [7, 11) is -0.654. The minimum atomic E-state index is -0.654. The normalized spacial score (nSPS) is 11.5. The Labute approximate surface area is 274 Å². The van der Waals surface area contributed by atoms with Gasteiger partial charge in [0, 0.05) is 0 Å². The molecule has 0 aliphatic heterocycles. The summed E-state index contributed by atoms with van der Waals surface area (Å²) in [6, 6.07) is 19.7. The van der Waals surface area contributed by atoms with Crippen LogP contribution in [0.1, 0.15) is 158 Å². The zero-order valence-corrected chi connectivity index (χ0v) is 30.7. The second-order valence-electron chi connectivity index (χ2n) is 13.1. The van der Waals surface area contributed by atoms with Crippen LogP contribution in [0, 0.1) is 6.92 Å². The predicted molar refractivity (Wildman–Crippen MR) is 202 cm³/mol. The van der Waals surface area contributed by atoms with E-state index in [1.165, 1.54) is 121 Å². The van der Waals surface area contributed by atoms with Gasteiger partial charge in [-0.15, -0.1) is 0 Å². The average Bonchev–Trinajstić information content (AvgIpc) is 3.04. The molecular formula is C43H65P. The van der Waals surface area contributed by atoms with Gasteiger partial charge < -0.3 is 0 Å². The van der Waals surface area contributed by atoms with Crippen LogP contribution in [0.3, 0.4) is 0 Å². The molecule has 0 aliphatic carbocycles. The molecule has 3 aromatic rings. The number of unbranched alkanes of at least 4 members (excludes halogenated alkanes) is 6. The molecule has 3 rings (SSSR count). The fraction of sp³-hybridized carbons (Fsp3) is 0.581. The maximum atomic E-state index is 2.61. The Morgan fingerprint density at radius 3 is 1.14 bits per heavy atom. The molecule has 0 radical (unpaired) electrons. The highest BCUT2D eigenvalue weighted by atomic mass is 31.1. The van der Waals surface area contributed by atoms with E-state index in [1.54, 1.807) is 49.3 Å². The first-order valence-corrected chi connectivity index (χ1v) is 20.0. The van der Waals surface area contributed by atoms with E-state index in [4.69, 9.17) is 0 Å². The van der Waals surface area contributed by atoms with E-state index in [0.29, 0.717) is 0 Å². The van der Waals surface area contributed by atoms with Crippen molar-refractivity contribution in [3.8, 4) is 0 Å². The molecule has 3 aromatic carbocycles. The highest BCUT2D eigenvalue weighted by Crippen LogP contribution is 2.40. The number of hydrogen-bond donors (Lipinski definition) is 0. The van der Waals surface area contributed by atoms with Gasteiger partial charge in [0.2, 0.25) is 0 Å². The van der Waals surface area contributed by atoms with Gasteiger partial charge in [-0.25, -0.2) is 0 Å². The molecule has 0 aliphatic rings. The van der Waals surface area contributed by atoms with Gasteiger partial charge in [-0.1, -0.05) is 129 Å². The summed E-state index contributed by atoms with van der Waals surface area (Å²) < 4.78 is 0. The lowest BCUT2D eigenvalue weighted by Gasteiger charge is -2.30. The Kier molecular flexibility index (Phi) is 16.8. The maximum Gasteiger partial charge on any atom is -0.0116 e. The van der Waals surface area contributed by atoms with Crippen LogP contribution in [-0.2, 0) is 38.5 Å². The van der Waals surface area contributed by atoms with Crippen LogP contribution in [0.4, 0.5) is 0 Å². The summed E-state index contributed by atoms with van der Waals surface area (Å²) in [6.07, 6.45) is 22.6. The van der Waals surface area contributed by atoms with Crippen molar-refractivity contribution in [1.82, 2.24) is 0 Å². The van der Waals surface area contributed by atoms with Gasteiger partial charge in [-0.05, 0) is 147 Å². The average molecular weight is 613 g/mol. The van der Waals surface area contributed by atoms with Crippen LogP contribution in [0.2, 0.25) is 0 Å². The largest absolute Gasteiger partial charge is 0.0654 e. The van der Waals surface area contributed by atoms with Crippen molar-refractivity contribution in [3.63, 3.8) is 0 Å². The maximum absolute atomic E-state index is 2.61. The van der Waals surface area contributed by atoms with Crippen molar-refractivity contribution in [3.05, 3.63) is 87.5 Å². The lowest BCUT2D eigenvalue weighted by molar-refractivity contribution is 0.736. The molecule has 242 valence electrons. The van der Waals surface area contributed by atoms with Gasteiger partial charge in [0.25, 0.3) is 0 Å². The van der Waals surface area contributed by atoms with E-state index in [2.05, 4.69) is 97.0 Å². The summed E-state index contributed by atoms with van der Waals surface area (Å²) in [5, 5.41) is 4.90. The molecule has 0 unspecified atom stereocenters. The SMILES string of the molecule is CCCCc1ccc(P(c2ccccc2C)c2ccc(CCCC)c(CCCC)c2CCCC)c(CCCC)c1CCCC. The van der Waals surface area contributed by atoms with Gasteiger partial charge in [-0.3, -0.25) is 0 Å². The quantitative estimate of drug-likeness (QED) is 0.105. The summed E-state index contributed by atoms with van der Waals surface area (Å²) in [5.41, 5.74) is 11.6. The summed E-state index contributed by atoms with van der Waals surface area (Å²) >= 11 is 0. The Bertz CT molecular complexity index is 1180. The predicted octanol–water partition coefficient (Wildman–Crippen LogP) is 11.8. The number of benzene rings is 3. The molecule has 1 heteroatoms. The fourth-order valence-electron chi connectivity index (χ4n) is 6.88. The summed E-state index contributed by atoms with van der Waals surface area (Å²) in [6.45, 7) is 16.5. The third-order valence-electron chi connectivity index (χ3n) is 9.57. The first-order chi connectivity index (χ1) is 21.6. The van der Waals surface area contributed by atoms with E-state index in [-0.39, 0.29) is 0 Å². The van der Waals surface area contributed by atoms with E-state index >= 15 is 0 Å². The number of rotatable bonds is 21. The molecule has 0 heterocycles. The molecule has 0 N–H and O–H groups in total. The third kappa shape index (κ3) is 9.79. The van der Waals surface area contributed by atoms with Crippen LogP contribution < -0.4 is 15.9 Å². The minimum Gasteiger partial charge on any atom is -0.0654 e. The molecule has 44 heavy (non-hydrogen) atoms. The first-order valence-electron chi connectivity index (χ1n) is 18.7. The summed E-state index contributed by atoms with van der Waals surface area (Å²) in [4.78, 5) is 0. The van der Waals surface area contributed by atoms with Crippen molar-refractivity contribution in [2.24, 2.45) is 0 Å². The standard InChI is InChI=1S/C43H65P/c1-8-14-23-35-30-32-42(39(27-18-12-5)37(35)25-16-10-3)44(41-29-21-20-22-34(41)7)43-33-31-36(24-15-9-2)38(26-17-11-4)40(43)28-19-13-6/h20-22,29-33H,8-19,23-28H2,1-7H3. The van der Waals surface area contributed by atoms with Gasteiger partial charge in [0.1, 0.15) is 0 Å². The molecule has 0 nitrogen and oxygen atoms in total. The van der Waals surface area contributed by atoms with Crippen molar-refractivity contribution in [2.75, 3.05) is 0 Å². The monoisotopic (exact) mass is 612 g/mol. The smallest absolute Gasteiger partial charge is 0.0116 e. The molecule has 0 saturated heterocycles. The zero-order chi connectivity index (χ0) is 31.7. The van der Waals surface area contributed by atoms with E-state index in [9.17, 15) is 0 Å². The van der Waals surface area contributed by atoms with Crippen LogP contribution in [0.25, 0.3) is 0 Å². The van der Waals surface area contributed by atoms with Crippen molar-refractivity contribution < 1.29 is 0 Å². The van der Waals surface area contributed by atoms with E-state index in [1.807, 2.05) is 0 Å². The van der Waals surface area contributed by atoms with Crippen molar-refractivity contribution >= 4 is 23.8 Å². The van der Waals surface area contributed by atoms with E-state index < -0.39 is 7.92 Å². The Morgan fingerprint density at radius 2 is 0.750 bits per heavy atom. The molecule has 0 spiro atoms. The molecule has 0 atom stereocenters. The van der Waals surface area contributed by atoms with Crippen LogP contribution in [0.5, 0.6) is 0 Å². The van der Waals surface area contributed by atoms with Gasteiger partial charge in [-0.2, -0.15) is 0 Å². The van der Waals surface area contributed by atoms with Crippen LogP contribution in [0.15, 0.2) is 48.5 Å². The lowest BCUT2D eigenvalue weighted by atomic mass is 9.90.